The predicted octanol–water partition coefficient (Wildman–Crippen LogP) is 1.48. The van der Waals surface area contributed by atoms with Crippen LogP contribution in [-0.4, -0.2) is 11.0 Å². The highest BCUT2D eigenvalue weighted by molar-refractivity contribution is 7.80. The molecule has 1 fully saturated rings. The minimum absolute atomic E-state index is 0.0145. The number of hydrogen-bond acceptors (Lipinski definition) is 2. The van der Waals surface area contributed by atoms with Gasteiger partial charge in [0.15, 0.2) is 5.11 Å². The topological polar surface area (TPSA) is 55.1 Å². The van der Waals surface area contributed by atoms with Crippen LogP contribution in [0.2, 0.25) is 0 Å². The minimum atomic E-state index is -0.0353. The van der Waals surface area contributed by atoms with Crippen LogP contribution in [0.3, 0.4) is 0 Å². The molecule has 1 atom stereocenters. The van der Waals surface area contributed by atoms with Gasteiger partial charge >= 0.3 is 0 Å². The Labute approximate surface area is 95.1 Å². The number of rotatable bonds is 1. The third kappa shape index (κ3) is 1.91. The van der Waals surface area contributed by atoms with Crippen LogP contribution < -0.4 is 11.1 Å². The third-order valence-corrected chi connectivity index (χ3v) is 3.66. The molecule has 1 unspecified atom stereocenters. The first-order chi connectivity index (χ1) is 7.14. The first kappa shape index (κ1) is 10.6. The van der Waals surface area contributed by atoms with Crippen LogP contribution in [0.1, 0.15) is 32.1 Å². The molecule has 0 aromatic heterocycles. The molecule has 0 radical (unpaired) electrons. The van der Waals surface area contributed by atoms with Gasteiger partial charge in [-0.1, -0.05) is 31.4 Å². The van der Waals surface area contributed by atoms with Gasteiger partial charge in [0.2, 0.25) is 5.91 Å². The SMILES string of the molecule is NC(=S)NC(=O)C1C=CC12CCCCC2. The molecule has 0 aromatic carbocycles. The normalized spacial score (nSPS) is 27.1. The molecule has 1 amide bonds. The lowest BCUT2D eigenvalue weighted by molar-refractivity contribution is -0.126. The first-order valence-electron chi connectivity index (χ1n) is 5.44. The van der Waals surface area contributed by atoms with Gasteiger partial charge in [-0.05, 0) is 25.1 Å². The van der Waals surface area contributed by atoms with Crippen LogP contribution in [-0.2, 0) is 4.79 Å². The van der Waals surface area contributed by atoms with Crippen LogP contribution in [0.25, 0.3) is 0 Å². The van der Waals surface area contributed by atoms with E-state index in [9.17, 15) is 4.79 Å². The van der Waals surface area contributed by atoms with E-state index < -0.39 is 0 Å². The van der Waals surface area contributed by atoms with Gasteiger partial charge in [0.05, 0.1) is 5.92 Å². The molecule has 2 aliphatic rings. The summed E-state index contributed by atoms with van der Waals surface area (Å²) in [4.78, 5) is 11.8. The molecule has 2 aliphatic carbocycles. The monoisotopic (exact) mass is 224 g/mol. The van der Waals surface area contributed by atoms with Gasteiger partial charge in [0.1, 0.15) is 0 Å². The Morgan fingerprint density at radius 3 is 2.53 bits per heavy atom. The Kier molecular flexibility index (Phi) is 2.78. The van der Waals surface area contributed by atoms with Crippen LogP contribution in [0, 0.1) is 11.3 Å². The highest BCUT2D eigenvalue weighted by atomic mass is 32.1. The summed E-state index contributed by atoms with van der Waals surface area (Å²) in [6, 6.07) is 0. The molecule has 4 heteroatoms. The summed E-state index contributed by atoms with van der Waals surface area (Å²) < 4.78 is 0. The van der Waals surface area contributed by atoms with E-state index in [4.69, 9.17) is 5.73 Å². The standard InChI is InChI=1S/C11H16N2OS/c12-10(15)13-9(14)8-4-7-11(8)5-2-1-3-6-11/h4,7-8H,1-3,5-6H2,(H3,12,13,14,15). The number of thiocarbonyl (C=S) groups is 1. The van der Waals surface area contributed by atoms with Gasteiger partial charge in [-0.25, -0.2) is 0 Å². The van der Waals surface area contributed by atoms with Gasteiger partial charge in [0.25, 0.3) is 0 Å². The van der Waals surface area contributed by atoms with Crippen LogP contribution in [0.5, 0.6) is 0 Å². The summed E-state index contributed by atoms with van der Waals surface area (Å²) >= 11 is 4.67. The Balaban J connectivity index is 2.02. The van der Waals surface area contributed by atoms with Crippen LogP contribution in [0.4, 0.5) is 0 Å². The minimum Gasteiger partial charge on any atom is -0.376 e. The van der Waals surface area contributed by atoms with Crippen molar-refractivity contribution in [1.82, 2.24) is 5.32 Å². The quantitative estimate of drug-likeness (QED) is 0.524. The van der Waals surface area contributed by atoms with Crippen molar-refractivity contribution < 1.29 is 4.79 Å². The number of allylic oxidation sites excluding steroid dienone is 1. The van der Waals surface area contributed by atoms with E-state index >= 15 is 0 Å². The fourth-order valence-corrected chi connectivity index (χ4v) is 2.80. The first-order valence-corrected chi connectivity index (χ1v) is 5.84. The van der Waals surface area contributed by atoms with E-state index in [-0.39, 0.29) is 22.4 Å². The second-order valence-electron chi connectivity index (χ2n) is 4.48. The number of carbonyl (C=O) groups is 1. The van der Waals surface area contributed by atoms with Gasteiger partial charge < -0.3 is 11.1 Å². The Hall–Kier alpha value is -0.900. The highest BCUT2D eigenvalue weighted by Crippen LogP contribution is 2.50. The fraction of sp³-hybridized carbons (Fsp3) is 0.636. The maximum absolute atomic E-state index is 11.8. The largest absolute Gasteiger partial charge is 0.376 e. The van der Waals surface area contributed by atoms with Gasteiger partial charge in [-0.15, -0.1) is 0 Å². The predicted molar refractivity (Wildman–Crippen MR) is 63.1 cm³/mol. The van der Waals surface area contributed by atoms with Crippen molar-refractivity contribution in [3.63, 3.8) is 0 Å². The van der Waals surface area contributed by atoms with Crippen molar-refractivity contribution in [2.24, 2.45) is 17.1 Å². The van der Waals surface area contributed by atoms with Crippen molar-refractivity contribution in [3.05, 3.63) is 12.2 Å². The molecule has 3 N–H and O–H groups in total. The van der Waals surface area contributed by atoms with E-state index in [1.807, 2.05) is 6.08 Å². The zero-order valence-corrected chi connectivity index (χ0v) is 9.48. The summed E-state index contributed by atoms with van der Waals surface area (Å²) in [6.45, 7) is 0. The van der Waals surface area contributed by atoms with Crippen molar-refractivity contribution in [2.75, 3.05) is 0 Å². The zero-order chi connectivity index (χ0) is 10.9. The molecule has 3 nitrogen and oxygen atoms in total. The Morgan fingerprint density at radius 2 is 2.07 bits per heavy atom. The molecule has 0 saturated heterocycles. The molecule has 0 bridgehead atoms. The second kappa shape index (κ2) is 3.93. The summed E-state index contributed by atoms with van der Waals surface area (Å²) in [5.41, 5.74) is 5.42. The van der Waals surface area contributed by atoms with E-state index in [0.717, 1.165) is 12.8 Å². The zero-order valence-electron chi connectivity index (χ0n) is 8.66. The molecule has 82 valence electrons. The molecule has 0 aliphatic heterocycles. The molecule has 2 rings (SSSR count). The van der Waals surface area contributed by atoms with E-state index in [0.29, 0.717) is 0 Å². The number of amides is 1. The molecule has 0 aromatic rings. The molecular formula is C11H16N2OS. The van der Waals surface area contributed by atoms with E-state index in [1.165, 1.54) is 19.3 Å². The summed E-state index contributed by atoms with van der Waals surface area (Å²) in [5, 5.41) is 2.61. The average molecular weight is 224 g/mol. The second-order valence-corrected chi connectivity index (χ2v) is 4.92. The van der Waals surface area contributed by atoms with Gasteiger partial charge in [-0.3, -0.25) is 4.79 Å². The molecule has 15 heavy (non-hydrogen) atoms. The lowest BCUT2D eigenvalue weighted by atomic mass is 9.59. The van der Waals surface area contributed by atoms with Crippen molar-refractivity contribution in [3.8, 4) is 0 Å². The Morgan fingerprint density at radius 1 is 1.40 bits per heavy atom. The van der Waals surface area contributed by atoms with E-state index in [2.05, 4.69) is 23.6 Å². The third-order valence-electron chi connectivity index (χ3n) is 3.55. The van der Waals surface area contributed by atoms with E-state index in [1.54, 1.807) is 0 Å². The van der Waals surface area contributed by atoms with Gasteiger partial charge in [-0.2, -0.15) is 0 Å². The smallest absolute Gasteiger partial charge is 0.233 e. The fourth-order valence-electron chi connectivity index (χ4n) is 2.70. The van der Waals surface area contributed by atoms with Crippen LogP contribution >= 0.6 is 12.2 Å². The molecule has 0 heterocycles. The summed E-state index contributed by atoms with van der Waals surface area (Å²) in [7, 11) is 0. The van der Waals surface area contributed by atoms with Crippen molar-refractivity contribution >= 4 is 23.2 Å². The summed E-state index contributed by atoms with van der Waals surface area (Å²) in [6.07, 6.45) is 10.1. The lowest BCUT2D eigenvalue weighted by Gasteiger charge is -2.45. The highest BCUT2D eigenvalue weighted by Gasteiger charge is 2.45. The maximum Gasteiger partial charge on any atom is 0.233 e. The maximum atomic E-state index is 11.8. The molecule has 1 spiro atoms. The summed E-state index contributed by atoms with van der Waals surface area (Å²) in [5.74, 6) is -0.0498. The number of hydrogen-bond donors (Lipinski definition) is 2. The number of nitrogens with one attached hydrogen (secondary N) is 1. The number of carbonyl (C=O) groups excluding carboxylic acids is 1. The van der Waals surface area contributed by atoms with Crippen LogP contribution in [0.15, 0.2) is 12.2 Å². The lowest BCUT2D eigenvalue weighted by Crippen LogP contribution is -2.48. The molecular weight excluding hydrogens is 208 g/mol. The molecule has 1 saturated carbocycles. The van der Waals surface area contributed by atoms with Gasteiger partial charge in [0, 0.05) is 5.41 Å². The average Bonchev–Trinajstić information content (AvgIpc) is 2.16. The number of nitrogens with two attached hydrogens (primary N) is 1. The van der Waals surface area contributed by atoms with Crippen molar-refractivity contribution in [2.45, 2.75) is 32.1 Å². The Bertz CT molecular complexity index is 319. The van der Waals surface area contributed by atoms with Crippen molar-refractivity contribution in [1.29, 1.82) is 0 Å².